The second-order valence-electron chi connectivity index (χ2n) is 3.41. The summed E-state index contributed by atoms with van der Waals surface area (Å²) in [4.78, 5) is 9.61. The standard InChI is InChI=1S/C10H14N2O6S/c1-3-17-7-5-6-8(19(11,15)16)9(12(13)14)10(7)18-4-2/h5-6H,3-4H2,1-2H3,(H2,11,15,16). The molecule has 0 aromatic heterocycles. The molecule has 0 aliphatic carbocycles. The Bertz CT molecular complexity index is 584. The summed E-state index contributed by atoms with van der Waals surface area (Å²) in [5, 5.41) is 16.0. The molecule has 0 amide bonds. The molecule has 0 spiro atoms. The predicted molar refractivity (Wildman–Crippen MR) is 66.8 cm³/mol. The first kappa shape index (κ1) is 15.2. The molecule has 0 aliphatic rings. The van der Waals surface area contributed by atoms with Gasteiger partial charge in [-0.1, -0.05) is 0 Å². The SMILES string of the molecule is CCOc1ccc(S(N)(=O)=O)c([N+](=O)[O-])c1OCC. The highest BCUT2D eigenvalue weighted by molar-refractivity contribution is 7.89. The summed E-state index contributed by atoms with van der Waals surface area (Å²) < 4.78 is 33.0. The first-order valence-corrected chi connectivity index (χ1v) is 6.97. The Hall–Kier alpha value is -1.87. The number of primary sulfonamides is 1. The number of ether oxygens (including phenoxy) is 2. The summed E-state index contributed by atoms with van der Waals surface area (Å²) in [5.41, 5.74) is -0.713. The second-order valence-corrected chi connectivity index (χ2v) is 4.94. The van der Waals surface area contributed by atoms with Crippen LogP contribution in [-0.2, 0) is 10.0 Å². The molecule has 0 unspecified atom stereocenters. The monoisotopic (exact) mass is 290 g/mol. The van der Waals surface area contributed by atoms with Crippen molar-refractivity contribution in [2.75, 3.05) is 13.2 Å². The van der Waals surface area contributed by atoms with Crippen LogP contribution in [0.1, 0.15) is 13.8 Å². The van der Waals surface area contributed by atoms with Gasteiger partial charge in [-0.3, -0.25) is 10.1 Å². The molecule has 8 nitrogen and oxygen atoms in total. The van der Waals surface area contributed by atoms with Gasteiger partial charge in [-0.05, 0) is 26.0 Å². The van der Waals surface area contributed by atoms with Crippen LogP contribution in [0.3, 0.4) is 0 Å². The van der Waals surface area contributed by atoms with Crippen LogP contribution in [-0.4, -0.2) is 26.6 Å². The molecular weight excluding hydrogens is 276 g/mol. The van der Waals surface area contributed by atoms with Crippen molar-refractivity contribution in [3.63, 3.8) is 0 Å². The molecule has 0 fully saturated rings. The minimum atomic E-state index is -4.23. The zero-order chi connectivity index (χ0) is 14.6. The maximum atomic E-state index is 11.4. The van der Waals surface area contributed by atoms with Gasteiger partial charge in [0, 0.05) is 0 Å². The van der Waals surface area contributed by atoms with E-state index in [0.29, 0.717) is 0 Å². The van der Waals surface area contributed by atoms with E-state index in [2.05, 4.69) is 0 Å². The molecule has 106 valence electrons. The van der Waals surface area contributed by atoms with Crippen molar-refractivity contribution in [2.24, 2.45) is 5.14 Å². The molecule has 0 heterocycles. The molecule has 1 aromatic rings. The lowest BCUT2D eigenvalue weighted by atomic mass is 10.2. The Morgan fingerprint density at radius 3 is 2.26 bits per heavy atom. The van der Waals surface area contributed by atoms with Crippen molar-refractivity contribution < 1.29 is 22.8 Å². The Labute approximate surface area is 110 Å². The molecular formula is C10H14N2O6S. The molecule has 2 N–H and O–H groups in total. The van der Waals surface area contributed by atoms with E-state index in [0.717, 1.165) is 6.07 Å². The number of nitrogens with two attached hydrogens (primary N) is 1. The summed E-state index contributed by atoms with van der Waals surface area (Å²) in [6, 6.07) is 2.31. The van der Waals surface area contributed by atoms with Gasteiger partial charge in [0.05, 0.1) is 18.1 Å². The third kappa shape index (κ3) is 3.32. The smallest absolute Gasteiger partial charge is 0.334 e. The lowest BCUT2D eigenvalue weighted by Gasteiger charge is -2.12. The van der Waals surface area contributed by atoms with Crippen LogP contribution < -0.4 is 14.6 Å². The second kappa shape index (κ2) is 5.85. The van der Waals surface area contributed by atoms with Crippen molar-refractivity contribution >= 4 is 15.7 Å². The molecule has 9 heteroatoms. The van der Waals surface area contributed by atoms with Gasteiger partial charge in [0.25, 0.3) is 0 Å². The van der Waals surface area contributed by atoms with Gasteiger partial charge in [-0.15, -0.1) is 0 Å². The van der Waals surface area contributed by atoms with Crippen LogP contribution in [0.5, 0.6) is 11.5 Å². The zero-order valence-corrected chi connectivity index (χ0v) is 11.3. The minimum Gasteiger partial charge on any atom is -0.490 e. The molecule has 0 saturated carbocycles. The number of sulfonamides is 1. The Morgan fingerprint density at radius 1 is 1.26 bits per heavy atom. The van der Waals surface area contributed by atoms with Crippen molar-refractivity contribution in [1.29, 1.82) is 0 Å². The first-order chi connectivity index (χ1) is 8.82. The number of hydrogen-bond acceptors (Lipinski definition) is 6. The highest BCUT2D eigenvalue weighted by Crippen LogP contribution is 2.41. The minimum absolute atomic E-state index is 0.100. The lowest BCUT2D eigenvalue weighted by molar-refractivity contribution is -0.388. The molecule has 0 atom stereocenters. The van der Waals surface area contributed by atoms with Crippen molar-refractivity contribution in [3.05, 3.63) is 22.2 Å². The van der Waals surface area contributed by atoms with Gasteiger partial charge < -0.3 is 9.47 Å². The molecule has 19 heavy (non-hydrogen) atoms. The van der Waals surface area contributed by atoms with Crippen LogP contribution in [0.15, 0.2) is 17.0 Å². The number of nitro benzene ring substituents is 1. The first-order valence-electron chi connectivity index (χ1n) is 5.42. The molecule has 0 saturated heterocycles. The summed E-state index contributed by atoms with van der Waals surface area (Å²) in [6.07, 6.45) is 0. The van der Waals surface area contributed by atoms with Gasteiger partial charge in [-0.2, -0.15) is 0 Å². The highest BCUT2D eigenvalue weighted by Gasteiger charge is 2.31. The molecule has 0 bridgehead atoms. The molecule has 0 aliphatic heterocycles. The van der Waals surface area contributed by atoms with E-state index < -0.39 is 25.5 Å². The number of hydrogen-bond donors (Lipinski definition) is 1. The van der Waals surface area contributed by atoms with Crippen LogP contribution >= 0.6 is 0 Å². The van der Waals surface area contributed by atoms with Gasteiger partial charge in [0.2, 0.25) is 15.8 Å². The fraction of sp³-hybridized carbons (Fsp3) is 0.400. The van der Waals surface area contributed by atoms with Crippen LogP contribution in [0, 0.1) is 10.1 Å². The van der Waals surface area contributed by atoms with E-state index in [9.17, 15) is 18.5 Å². The third-order valence-electron chi connectivity index (χ3n) is 2.14. The van der Waals surface area contributed by atoms with Gasteiger partial charge >= 0.3 is 5.69 Å². The number of nitrogens with zero attached hydrogens (tertiary/aromatic N) is 1. The fourth-order valence-corrected chi connectivity index (χ4v) is 2.18. The molecule has 1 aromatic carbocycles. The maximum absolute atomic E-state index is 11.4. The zero-order valence-electron chi connectivity index (χ0n) is 10.5. The summed E-state index contributed by atoms with van der Waals surface area (Å²) in [7, 11) is -4.23. The summed E-state index contributed by atoms with van der Waals surface area (Å²) >= 11 is 0. The van der Waals surface area contributed by atoms with E-state index in [1.54, 1.807) is 13.8 Å². The van der Waals surface area contributed by atoms with Crippen molar-refractivity contribution in [2.45, 2.75) is 18.7 Å². The summed E-state index contributed by atoms with van der Waals surface area (Å²) in [5.74, 6) is -0.135. The molecule has 0 radical (unpaired) electrons. The van der Waals surface area contributed by atoms with Crippen LogP contribution in [0.2, 0.25) is 0 Å². The van der Waals surface area contributed by atoms with Crippen molar-refractivity contribution in [3.8, 4) is 11.5 Å². The normalized spacial score (nSPS) is 11.1. The fourth-order valence-electron chi connectivity index (χ4n) is 1.49. The van der Waals surface area contributed by atoms with E-state index >= 15 is 0 Å². The largest absolute Gasteiger partial charge is 0.490 e. The Balaban J connectivity index is 3.63. The maximum Gasteiger partial charge on any atom is 0.334 e. The quantitative estimate of drug-likeness (QED) is 0.617. The van der Waals surface area contributed by atoms with Crippen molar-refractivity contribution in [1.82, 2.24) is 0 Å². The average Bonchev–Trinajstić information content (AvgIpc) is 2.29. The van der Waals surface area contributed by atoms with Crippen LogP contribution in [0.4, 0.5) is 5.69 Å². The number of nitro groups is 1. The Morgan fingerprint density at radius 2 is 1.84 bits per heavy atom. The van der Waals surface area contributed by atoms with Gasteiger partial charge in [0.15, 0.2) is 10.6 Å². The summed E-state index contributed by atoms with van der Waals surface area (Å²) in [6.45, 7) is 3.68. The highest BCUT2D eigenvalue weighted by atomic mass is 32.2. The third-order valence-corrected chi connectivity index (χ3v) is 3.08. The van der Waals surface area contributed by atoms with E-state index in [-0.39, 0.29) is 24.7 Å². The molecule has 1 rings (SSSR count). The number of rotatable bonds is 6. The average molecular weight is 290 g/mol. The van der Waals surface area contributed by atoms with Gasteiger partial charge in [0.1, 0.15) is 0 Å². The lowest BCUT2D eigenvalue weighted by Crippen LogP contribution is -2.15. The van der Waals surface area contributed by atoms with Crippen LogP contribution in [0.25, 0.3) is 0 Å². The predicted octanol–water partition coefficient (Wildman–Crippen LogP) is 1.04. The topological polar surface area (TPSA) is 122 Å². The van der Waals surface area contributed by atoms with Gasteiger partial charge in [-0.25, -0.2) is 13.6 Å². The van der Waals surface area contributed by atoms with E-state index in [4.69, 9.17) is 14.6 Å². The Kier molecular flexibility index (Phi) is 4.67. The number of benzene rings is 1. The van der Waals surface area contributed by atoms with E-state index in [1.807, 2.05) is 0 Å². The van der Waals surface area contributed by atoms with E-state index in [1.165, 1.54) is 6.07 Å².